The summed E-state index contributed by atoms with van der Waals surface area (Å²) >= 11 is 0. The Bertz CT molecular complexity index is 3160. The summed E-state index contributed by atoms with van der Waals surface area (Å²) in [7, 11) is 3.89. The van der Waals surface area contributed by atoms with E-state index in [2.05, 4.69) is 31.8 Å². The summed E-state index contributed by atoms with van der Waals surface area (Å²) in [5.41, 5.74) is 13.0. The molecule has 8 rings (SSSR count). The van der Waals surface area contributed by atoms with Gasteiger partial charge in [0.05, 0.1) is 73.2 Å². The number of amides is 2. The van der Waals surface area contributed by atoms with E-state index in [-0.39, 0.29) is 17.6 Å². The van der Waals surface area contributed by atoms with E-state index in [1.807, 2.05) is 128 Å². The number of pyridine rings is 2. The second-order valence-corrected chi connectivity index (χ2v) is 16.5. The van der Waals surface area contributed by atoms with Crippen LogP contribution in [0.3, 0.4) is 0 Å². The molecule has 4 aromatic carbocycles. The number of hydrogen-bond acceptors (Lipinski definition) is 15. The summed E-state index contributed by atoms with van der Waals surface area (Å²) in [6.07, 6.45) is 4.52. The van der Waals surface area contributed by atoms with Gasteiger partial charge in [-0.25, -0.2) is 39.5 Å². The Balaban J connectivity index is 0.000000217. The summed E-state index contributed by atoms with van der Waals surface area (Å²) in [5, 5.41) is 27.5. The molecule has 2 amide bonds. The standard InChI is InChI=1S/C27H31N7O4.C27H28N6O3/c1-3-37-38-16-6-15-34(24-7-4-5-14-29-24)27(35)20-10-13-23-22(17-20)31-25(33(23)2)18-30-21-11-8-19(9-12-21)26(28)32-36;1-3-35-36-16-6-15-33(25-7-4-5-14-29-25)27(34)21-10-13-24-23(17-21)31-26(32(24)2)19-30-22-11-8-20(18-28)9-12-22/h4-5,7-14,17,30,36H,3,6,15-16,18H2,1-2H3,(H2,28,32);4-5,7-14,17,30H,3,6,15-16,19H2,1-2H3. The first-order valence-corrected chi connectivity index (χ1v) is 24.0. The van der Waals surface area contributed by atoms with Crippen LogP contribution in [0.2, 0.25) is 0 Å². The van der Waals surface area contributed by atoms with Crippen molar-refractivity contribution in [3.63, 3.8) is 0 Å². The molecule has 0 saturated carbocycles. The van der Waals surface area contributed by atoms with Crippen molar-refractivity contribution in [3.8, 4) is 6.07 Å². The summed E-state index contributed by atoms with van der Waals surface area (Å²) < 4.78 is 3.99. The van der Waals surface area contributed by atoms with E-state index in [0.29, 0.717) is 99.3 Å². The molecule has 0 aliphatic carbocycles. The number of rotatable bonds is 23. The molecular weight excluding hydrogens is 943 g/mol. The second kappa shape index (κ2) is 26.6. The van der Waals surface area contributed by atoms with Gasteiger partial charge < -0.3 is 30.7 Å². The molecule has 0 spiro atoms. The van der Waals surface area contributed by atoms with Crippen molar-refractivity contribution in [2.45, 2.75) is 39.8 Å². The van der Waals surface area contributed by atoms with Crippen LogP contribution in [-0.4, -0.2) is 91.4 Å². The van der Waals surface area contributed by atoms with Gasteiger partial charge in [0.1, 0.15) is 23.3 Å². The van der Waals surface area contributed by atoms with Crippen LogP contribution < -0.4 is 26.2 Å². The molecule has 0 fully saturated rings. The number of aryl methyl sites for hydroxylation is 2. The highest BCUT2D eigenvalue weighted by molar-refractivity contribution is 6.08. The number of nitrogens with zero attached hydrogens (tertiary/aromatic N) is 10. The minimum atomic E-state index is -0.168. The van der Waals surface area contributed by atoms with E-state index in [4.69, 9.17) is 45.7 Å². The average molecular weight is 1000 g/mol. The lowest BCUT2D eigenvalue weighted by Gasteiger charge is -2.21. The van der Waals surface area contributed by atoms with E-state index in [9.17, 15) is 9.59 Å². The molecule has 382 valence electrons. The number of carbonyl (C=O) groups is 2. The first-order chi connectivity index (χ1) is 36.1. The Morgan fingerprint density at radius 2 is 1.09 bits per heavy atom. The third-order valence-corrected chi connectivity index (χ3v) is 11.6. The van der Waals surface area contributed by atoms with Crippen molar-refractivity contribution < 1.29 is 34.3 Å². The van der Waals surface area contributed by atoms with Gasteiger partial charge in [0.25, 0.3) is 11.8 Å². The number of nitrogens with one attached hydrogen (secondary N) is 2. The maximum Gasteiger partial charge on any atom is 0.259 e. The third kappa shape index (κ3) is 13.8. The first kappa shape index (κ1) is 53.1. The highest BCUT2D eigenvalue weighted by Crippen LogP contribution is 2.24. The number of nitrogens with two attached hydrogens (primary N) is 1. The summed E-state index contributed by atoms with van der Waals surface area (Å²) in [4.78, 5) is 68.7. The lowest BCUT2D eigenvalue weighted by atomic mass is 10.1. The van der Waals surface area contributed by atoms with E-state index >= 15 is 0 Å². The topological polar surface area (TPSA) is 245 Å². The van der Waals surface area contributed by atoms with Crippen LogP contribution in [0.1, 0.15) is 70.2 Å². The zero-order valence-electron chi connectivity index (χ0n) is 41.7. The smallest absolute Gasteiger partial charge is 0.259 e. The Labute approximate surface area is 428 Å². The van der Waals surface area contributed by atoms with Gasteiger partial charge in [0.2, 0.25) is 0 Å². The van der Waals surface area contributed by atoms with Crippen LogP contribution in [0.25, 0.3) is 22.1 Å². The second-order valence-electron chi connectivity index (χ2n) is 16.5. The Morgan fingerprint density at radius 3 is 1.50 bits per heavy atom. The molecule has 0 unspecified atom stereocenters. The van der Waals surface area contributed by atoms with E-state index in [0.717, 1.165) is 45.1 Å². The minimum absolute atomic E-state index is 0.0534. The number of amidine groups is 1. The van der Waals surface area contributed by atoms with Crippen molar-refractivity contribution in [3.05, 3.63) is 168 Å². The number of imidazole rings is 2. The molecule has 0 atom stereocenters. The van der Waals surface area contributed by atoms with Gasteiger partial charge in [-0.05, 0) is 136 Å². The number of nitriles is 1. The van der Waals surface area contributed by atoms with Crippen molar-refractivity contribution in [2.75, 3.05) is 60.0 Å². The molecule has 20 heteroatoms. The molecule has 0 aliphatic heterocycles. The number of carbonyl (C=O) groups excluding carboxylic acids is 2. The van der Waals surface area contributed by atoms with Crippen LogP contribution in [0.5, 0.6) is 0 Å². The number of hydrogen-bond donors (Lipinski definition) is 4. The molecule has 0 bridgehead atoms. The molecule has 8 aromatic rings. The van der Waals surface area contributed by atoms with Gasteiger partial charge in [-0.3, -0.25) is 19.4 Å². The molecule has 5 N–H and O–H groups in total. The number of fused-ring (bicyclic) bond motifs is 2. The fourth-order valence-electron chi connectivity index (χ4n) is 7.75. The van der Waals surface area contributed by atoms with Crippen molar-refractivity contribution in [1.29, 1.82) is 5.26 Å². The summed E-state index contributed by atoms with van der Waals surface area (Å²) in [6, 6.07) is 38.6. The number of oxime groups is 1. The number of aromatic nitrogens is 6. The van der Waals surface area contributed by atoms with Gasteiger partial charge in [-0.1, -0.05) is 17.3 Å². The lowest BCUT2D eigenvalue weighted by molar-refractivity contribution is -0.291. The molecule has 0 radical (unpaired) electrons. The summed E-state index contributed by atoms with van der Waals surface area (Å²) in [6.45, 7) is 7.20. The van der Waals surface area contributed by atoms with Gasteiger partial charge in [-0.2, -0.15) is 5.26 Å². The SMILES string of the molecule is CCOOCCCN(C(=O)c1ccc2c(c1)nc(CNc1ccc(/C(N)=N/O)cc1)n2C)c1ccccn1.CCOOCCCN(C(=O)c1ccc2c(c1)nc(CNc1ccc(C#N)cc1)n2C)c1ccccn1. The molecule has 0 aliphatic rings. The van der Waals surface area contributed by atoms with E-state index in [1.54, 1.807) is 52.5 Å². The highest BCUT2D eigenvalue weighted by Gasteiger charge is 2.22. The molecule has 74 heavy (non-hydrogen) atoms. The first-order valence-electron chi connectivity index (χ1n) is 24.0. The third-order valence-electron chi connectivity index (χ3n) is 11.6. The lowest BCUT2D eigenvalue weighted by Crippen LogP contribution is -2.33. The maximum absolute atomic E-state index is 13.5. The summed E-state index contributed by atoms with van der Waals surface area (Å²) in [5.74, 6) is 2.50. The normalized spacial score (nSPS) is 11.2. The maximum atomic E-state index is 13.5. The fourth-order valence-corrected chi connectivity index (χ4v) is 7.75. The minimum Gasteiger partial charge on any atom is -0.409 e. The Morgan fingerprint density at radius 1 is 0.649 bits per heavy atom. The number of anilines is 4. The highest BCUT2D eigenvalue weighted by atomic mass is 17.2. The number of benzene rings is 4. The van der Waals surface area contributed by atoms with E-state index < -0.39 is 0 Å². The van der Waals surface area contributed by atoms with Crippen LogP contribution in [0, 0.1) is 11.3 Å². The molecule has 0 saturated heterocycles. The average Bonchev–Trinajstić information content (AvgIpc) is 3.94. The van der Waals surface area contributed by atoms with Crippen LogP contribution in [0.4, 0.5) is 23.0 Å². The zero-order valence-corrected chi connectivity index (χ0v) is 41.7. The van der Waals surface area contributed by atoms with Gasteiger partial charge in [0.15, 0.2) is 5.84 Å². The van der Waals surface area contributed by atoms with Gasteiger partial charge >= 0.3 is 0 Å². The van der Waals surface area contributed by atoms with E-state index in [1.165, 1.54) is 0 Å². The Kier molecular flexibility index (Phi) is 19.1. The largest absolute Gasteiger partial charge is 0.409 e. The quantitative estimate of drug-likeness (QED) is 0.0118. The zero-order chi connectivity index (χ0) is 52.2. The van der Waals surface area contributed by atoms with Crippen LogP contribution in [0.15, 0.2) is 139 Å². The van der Waals surface area contributed by atoms with Gasteiger partial charge in [-0.15, -0.1) is 0 Å². The monoisotopic (exact) mass is 1000 g/mol. The predicted octanol–water partition coefficient (Wildman–Crippen LogP) is 8.14. The van der Waals surface area contributed by atoms with Crippen molar-refractivity contribution in [2.24, 2.45) is 25.0 Å². The fraction of sp³-hybridized carbons (Fsp3) is 0.259. The molecular formula is C54H59N13O7. The van der Waals surface area contributed by atoms with Crippen molar-refractivity contribution >= 4 is 62.7 Å². The van der Waals surface area contributed by atoms with Crippen LogP contribution in [-0.2, 0) is 46.7 Å². The molecule has 20 nitrogen and oxygen atoms in total. The van der Waals surface area contributed by atoms with Crippen LogP contribution >= 0.6 is 0 Å². The Hall–Kier alpha value is -8.74. The molecule has 4 heterocycles. The van der Waals surface area contributed by atoms with Crippen molar-refractivity contribution in [1.82, 2.24) is 29.1 Å². The predicted molar refractivity (Wildman–Crippen MR) is 282 cm³/mol. The molecule has 4 aromatic heterocycles. The van der Waals surface area contributed by atoms with Gasteiger partial charge in [0, 0.05) is 67.6 Å².